The highest BCUT2D eigenvalue weighted by atomic mass is 16.5. The number of nitrogens with zero attached hydrogens (tertiary/aromatic N) is 2. The van der Waals surface area contributed by atoms with Crippen molar-refractivity contribution in [3.8, 4) is 0 Å². The van der Waals surface area contributed by atoms with Crippen LogP contribution in [0.3, 0.4) is 0 Å². The Balaban J connectivity index is 1.70. The van der Waals surface area contributed by atoms with Crippen molar-refractivity contribution >= 4 is 17.8 Å². The fraction of sp³-hybridized carbons (Fsp3) is 0.550. The molecule has 0 aromatic heterocycles. The largest absolute Gasteiger partial charge is 0.474 e. The van der Waals surface area contributed by atoms with Crippen LogP contribution in [0.4, 0.5) is 0 Å². The molecule has 1 amide bonds. The minimum absolute atomic E-state index is 0.0967. The van der Waals surface area contributed by atoms with E-state index >= 15 is 0 Å². The summed E-state index contributed by atoms with van der Waals surface area (Å²) in [7, 11) is 1.36. The van der Waals surface area contributed by atoms with Gasteiger partial charge in [-0.2, -0.15) is 0 Å². The number of esters is 1. The SMILES string of the molecule is CCCCN1N=C(OCc2ccc(C(=O)OC)cc2)C2(CCCC2)C1=O. The summed E-state index contributed by atoms with van der Waals surface area (Å²) < 4.78 is 10.7. The van der Waals surface area contributed by atoms with Gasteiger partial charge in [0.05, 0.1) is 12.7 Å². The van der Waals surface area contributed by atoms with Crippen LogP contribution >= 0.6 is 0 Å². The van der Waals surface area contributed by atoms with Gasteiger partial charge >= 0.3 is 5.97 Å². The molecule has 1 spiro atoms. The van der Waals surface area contributed by atoms with Crippen LogP contribution in [0.1, 0.15) is 61.4 Å². The van der Waals surface area contributed by atoms with Crippen molar-refractivity contribution in [2.24, 2.45) is 10.5 Å². The monoisotopic (exact) mass is 358 g/mol. The summed E-state index contributed by atoms with van der Waals surface area (Å²) in [6.07, 6.45) is 5.65. The van der Waals surface area contributed by atoms with Gasteiger partial charge in [-0.15, -0.1) is 5.10 Å². The summed E-state index contributed by atoms with van der Waals surface area (Å²) in [5.41, 5.74) is 0.871. The first kappa shape index (κ1) is 18.4. The highest BCUT2D eigenvalue weighted by Crippen LogP contribution is 2.45. The minimum atomic E-state index is -0.556. The predicted octanol–water partition coefficient (Wildman–Crippen LogP) is 3.51. The Morgan fingerprint density at radius 2 is 1.92 bits per heavy atom. The average molecular weight is 358 g/mol. The smallest absolute Gasteiger partial charge is 0.337 e. The highest BCUT2D eigenvalue weighted by Gasteiger charge is 2.53. The molecular weight excluding hydrogens is 332 g/mol. The summed E-state index contributed by atoms with van der Waals surface area (Å²) in [4.78, 5) is 24.4. The lowest BCUT2D eigenvalue weighted by molar-refractivity contribution is -0.136. The molecule has 1 fully saturated rings. The maximum absolute atomic E-state index is 12.9. The van der Waals surface area contributed by atoms with E-state index in [2.05, 4.69) is 12.0 Å². The van der Waals surface area contributed by atoms with E-state index in [1.165, 1.54) is 7.11 Å². The zero-order valence-corrected chi connectivity index (χ0v) is 15.5. The molecule has 26 heavy (non-hydrogen) atoms. The summed E-state index contributed by atoms with van der Waals surface area (Å²) >= 11 is 0. The van der Waals surface area contributed by atoms with Crippen molar-refractivity contribution in [3.05, 3.63) is 35.4 Å². The summed E-state index contributed by atoms with van der Waals surface area (Å²) in [6.45, 7) is 3.08. The normalized spacial score (nSPS) is 18.3. The second-order valence-electron chi connectivity index (χ2n) is 6.95. The van der Waals surface area contributed by atoms with Gasteiger partial charge in [-0.3, -0.25) is 4.79 Å². The lowest BCUT2D eigenvalue weighted by atomic mass is 9.85. The second kappa shape index (κ2) is 7.89. The van der Waals surface area contributed by atoms with Crippen LogP contribution in [-0.4, -0.2) is 36.4 Å². The number of carbonyl (C=O) groups excluding carboxylic acids is 2. The molecule has 6 heteroatoms. The molecule has 1 aromatic rings. The lowest BCUT2D eigenvalue weighted by Gasteiger charge is -2.23. The van der Waals surface area contributed by atoms with Crippen molar-refractivity contribution in [1.29, 1.82) is 0 Å². The van der Waals surface area contributed by atoms with Crippen molar-refractivity contribution in [2.75, 3.05) is 13.7 Å². The molecule has 1 aliphatic heterocycles. The molecule has 0 atom stereocenters. The number of methoxy groups -OCH3 is 1. The summed E-state index contributed by atoms with van der Waals surface area (Å²) in [5.74, 6) is 0.298. The number of hydrazone groups is 1. The Labute approximate surface area is 154 Å². The van der Waals surface area contributed by atoms with E-state index in [0.29, 0.717) is 24.6 Å². The number of hydrogen-bond donors (Lipinski definition) is 0. The molecule has 3 rings (SSSR count). The summed E-state index contributed by atoms with van der Waals surface area (Å²) in [6, 6.07) is 7.09. The van der Waals surface area contributed by atoms with E-state index < -0.39 is 5.41 Å². The van der Waals surface area contributed by atoms with Crippen LogP contribution in [0.15, 0.2) is 29.4 Å². The van der Waals surface area contributed by atoms with Crippen molar-refractivity contribution in [1.82, 2.24) is 5.01 Å². The molecule has 2 aliphatic rings. The third kappa shape index (κ3) is 3.45. The van der Waals surface area contributed by atoms with Crippen LogP contribution in [0, 0.1) is 5.41 Å². The van der Waals surface area contributed by atoms with Crippen LogP contribution in [0.2, 0.25) is 0 Å². The molecule has 1 heterocycles. The molecule has 0 bridgehead atoms. The number of rotatable bonds is 6. The van der Waals surface area contributed by atoms with Gasteiger partial charge < -0.3 is 9.47 Å². The fourth-order valence-electron chi connectivity index (χ4n) is 3.63. The van der Waals surface area contributed by atoms with Gasteiger partial charge in [-0.1, -0.05) is 38.3 Å². The topological polar surface area (TPSA) is 68.2 Å². The quantitative estimate of drug-likeness (QED) is 0.730. The maximum atomic E-state index is 12.9. The molecule has 1 saturated carbocycles. The van der Waals surface area contributed by atoms with Gasteiger partial charge in [0.15, 0.2) is 0 Å². The van der Waals surface area contributed by atoms with E-state index in [1.54, 1.807) is 17.1 Å². The van der Waals surface area contributed by atoms with Crippen molar-refractivity contribution < 1.29 is 19.1 Å². The Morgan fingerprint density at radius 1 is 1.23 bits per heavy atom. The molecule has 0 radical (unpaired) electrons. The van der Waals surface area contributed by atoms with E-state index in [-0.39, 0.29) is 11.9 Å². The van der Waals surface area contributed by atoms with Crippen molar-refractivity contribution in [2.45, 2.75) is 52.1 Å². The number of ether oxygens (including phenoxy) is 2. The maximum Gasteiger partial charge on any atom is 0.337 e. The molecule has 6 nitrogen and oxygen atoms in total. The number of hydrogen-bond acceptors (Lipinski definition) is 5. The lowest BCUT2D eigenvalue weighted by Crippen LogP contribution is -2.38. The van der Waals surface area contributed by atoms with Gasteiger partial charge in [0.2, 0.25) is 5.90 Å². The Bertz CT molecular complexity index is 690. The van der Waals surface area contributed by atoms with Gasteiger partial charge in [-0.25, -0.2) is 9.80 Å². The standard InChI is InChI=1S/C20H26N2O4/c1-3-4-13-22-19(24)20(11-5-6-12-20)18(21-22)26-14-15-7-9-16(10-8-15)17(23)25-2/h7-10H,3-6,11-14H2,1-2H3. The Morgan fingerprint density at radius 3 is 2.54 bits per heavy atom. The summed E-state index contributed by atoms with van der Waals surface area (Å²) in [5, 5.41) is 6.12. The van der Waals surface area contributed by atoms with Crippen LogP contribution in [-0.2, 0) is 20.9 Å². The molecule has 140 valence electrons. The van der Waals surface area contributed by atoms with Crippen LogP contribution < -0.4 is 0 Å². The third-order valence-electron chi connectivity index (χ3n) is 5.20. The Kier molecular flexibility index (Phi) is 5.59. The average Bonchev–Trinajstić information content (AvgIpc) is 3.26. The molecule has 0 saturated heterocycles. The van der Waals surface area contributed by atoms with Gasteiger partial charge in [0, 0.05) is 6.54 Å². The van der Waals surface area contributed by atoms with Crippen molar-refractivity contribution in [3.63, 3.8) is 0 Å². The third-order valence-corrected chi connectivity index (χ3v) is 5.20. The molecule has 1 aromatic carbocycles. The van der Waals surface area contributed by atoms with E-state index in [4.69, 9.17) is 9.47 Å². The van der Waals surface area contributed by atoms with E-state index in [9.17, 15) is 9.59 Å². The zero-order chi connectivity index (χ0) is 18.6. The first-order chi connectivity index (χ1) is 12.6. The van der Waals surface area contributed by atoms with Crippen LogP contribution in [0.25, 0.3) is 0 Å². The number of unbranched alkanes of at least 4 members (excludes halogenated alkanes) is 1. The van der Waals surface area contributed by atoms with E-state index in [0.717, 1.165) is 44.1 Å². The number of amides is 1. The highest BCUT2D eigenvalue weighted by molar-refractivity contribution is 6.09. The zero-order valence-electron chi connectivity index (χ0n) is 15.5. The molecular formula is C20H26N2O4. The Hall–Kier alpha value is -2.37. The van der Waals surface area contributed by atoms with Crippen LogP contribution in [0.5, 0.6) is 0 Å². The first-order valence-electron chi connectivity index (χ1n) is 9.32. The number of benzene rings is 1. The molecule has 0 unspecified atom stereocenters. The first-order valence-corrected chi connectivity index (χ1v) is 9.32. The molecule has 1 aliphatic carbocycles. The van der Waals surface area contributed by atoms with Gasteiger partial charge in [0.25, 0.3) is 5.91 Å². The van der Waals surface area contributed by atoms with Gasteiger partial charge in [-0.05, 0) is 37.0 Å². The van der Waals surface area contributed by atoms with E-state index in [1.807, 2.05) is 12.1 Å². The minimum Gasteiger partial charge on any atom is -0.474 e. The fourth-order valence-corrected chi connectivity index (χ4v) is 3.63. The van der Waals surface area contributed by atoms with Gasteiger partial charge in [0.1, 0.15) is 12.0 Å². The second-order valence-corrected chi connectivity index (χ2v) is 6.95. The predicted molar refractivity (Wildman–Crippen MR) is 97.5 cm³/mol. The molecule has 0 N–H and O–H groups in total. The number of carbonyl (C=O) groups is 2.